The van der Waals surface area contributed by atoms with Crippen molar-refractivity contribution in [2.75, 3.05) is 13.1 Å². The van der Waals surface area contributed by atoms with Gasteiger partial charge < -0.3 is 14.3 Å². The summed E-state index contributed by atoms with van der Waals surface area (Å²) in [5.41, 5.74) is 2.15. The van der Waals surface area contributed by atoms with Gasteiger partial charge in [-0.15, -0.1) is 11.3 Å². The van der Waals surface area contributed by atoms with Gasteiger partial charge in [-0.3, -0.25) is 14.9 Å². The number of thiazole rings is 1. The summed E-state index contributed by atoms with van der Waals surface area (Å²) in [4.78, 5) is 39.6. The van der Waals surface area contributed by atoms with E-state index < -0.39 is 22.7 Å². The predicted octanol–water partition coefficient (Wildman–Crippen LogP) is 4.95. The number of likely N-dealkylation sites (tertiary alicyclic amines) is 1. The standard InChI is InChI=1S/C26H22F2N6O4S/c27-17-2-1-3-18(28)25(17)23-11-19(31-38-23)21-13-39-26(30-21)15-6-8-32(9-7-15)24(35)12-33-14-29-20-10-16(34(36)37)4-5-22(20)33/h1-5,10,13-15,23H,6-9,11-12H2. The van der Waals surface area contributed by atoms with Crippen molar-refractivity contribution in [3.05, 3.63) is 86.1 Å². The van der Waals surface area contributed by atoms with Gasteiger partial charge in [-0.2, -0.15) is 0 Å². The number of halogens is 2. The summed E-state index contributed by atoms with van der Waals surface area (Å²) in [6.07, 6.45) is 2.42. The quantitative estimate of drug-likeness (QED) is 0.247. The number of nitrogens with zero attached hydrogens (tertiary/aromatic N) is 6. The van der Waals surface area contributed by atoms with Gasteiger partial charge in [0.05, 0.1) is 38.5 Å². The first-order valence-corrected chi connectivity index (χ1v) is 13.2. The minimum Gasteiger partial charge on any atom is -0.387 e. The third kappa shape index (κ3) is 4.85. The molecule has 6 rings (SSSR count). The molecule has 1 fully saturated rings. The molecular weight excluding hydrogens is 530 g/mol. The molecule has 13 heteroatoms. The molecule has 2 aliphatic heterocycles. The highest BCUT2D eigenvalue weighted by molar-refractivity contribution is 7.10. The van der Waals surface area contributed by atoms with Gasteiger partial charge in [0.15, 0.2) is 6.10 Å². The molecule has 2 aliphatic rings. The van der Waals surface area contributed by atoms with E-state index in [0.717, 1.165) is 17.8 Å². The maximum Gasteiger partial charge on any atom is 0.271 e. The Kier molecular flexibility index (Phi) is 6.51. The summed E-state index contributed by atoms with van der Waals surface area (Å²) >= 11 is 1.50. The number of carbonyl (C=O) groups excluding carboxylic acids is 1. The Morgan fingerprint density at radius 3 is 2.69 bits per heavy atom. The Bertz CT molecular complexity index is 1590. The Balaban J connectivity index is 1.05. The number of hydrogen-bond acceptors (Lipinski definition) is 8. The zero-order valence-corrected chi connectivity index (χ0v) is 21.3. The summed E-state index contributed by atoms with van der Waals surface area (Å²) in [6.45, 7) is 1.26. The van der Waals surface area contributed by atoms with Gasteiger partial charge in [0.1, 0.15) is 23.9 Å². The molecule has 0 saturated carbocycles. The van der Waals surface area contributed by atoms with Gasteiger partial charge in [-0.05, 0) is 31.0 Å². The van der Waals surface area contributed by atoms with Crippen LogP contribution in [0.5, 0.6) is 0 Å². The molecule has 10 nitrogen and oxygen atoms in total. The number of aromatic nitrogens is 3. The van der Waals surface area contributed by atoms with E-state index >= 15 is 0 Å². The van der Waals surface area contributed by atoms with Gasteiger partial charge in [-0.1, -0.05) is 11.2 Å². The molecule has 0 radical (unpaired) electrons. The highest BCUT2D eigenvalue weighted by Gasteiger charge is 2.31. The number of oxime groups is 1. The van der Waals surface area contributed by atoms with Gasteiger partial charge in [0.2, 0.25) is 5.91 Å². The van der Waals surface area contributed by atoms with Crippen LogP contribution in [-0.2, 0) is 16.2 Å². The number of piperidine rings is 1. The van der Waals surface area contributed by atoms with E-state index in [4.69, 9.17) is 9.82 Å². The van der Waals surface area contributed by atoms with Crippen LogP contribution in [-0.4, -0.2) is 49.1 Å². The van der Waals surface area contributed by atoms with E-state index in [2.05, 4.69) is 10.1 Å². The van der Waals surface area contributed by atoms with E-state index in [1.807, 2.05) is 10.3 Å². The van der Waals surface area contributed by atoms with Crippen molar-refractivity contribution in [3.8, 4) is 0 Å². The van der Waals surface area contributed by atoms with Crippen LogP contribution in [0.4, 0.5) is 14.5 Å². The van der Waals surface area contributed by atoms with E-state index in [9.17, 15) is 23.7 Å². The molecule has 1 saturated heterocycles. The van der Waals surface area contributed by atoms with Gasteiger partial charge >= 0.3 is 0 Å². The summed E-state index contributed by atoms with van der Waals surface area (Å²) < 4.78 is 30.0. The number of benzene rings is 2. The number of carbonyl (C=O) groups is 1. The van der Waals surface area contributed by atoms with Crippen molar-refractivity contribution in [2.24, 2.45) is 5.16 Å². The number of imidazole rings is 1. The highest BCUT2D eigenvalue weighted by Crippen LogP contribution is 2.35. The number of amides is 1. The van der Waals surface area contributed by atoms with Crippen molar-refractivity contribution >= 4 is 39.7 Å². The smallest absolute Gasteiger partial charge is 0.271 e. The second kappa shape index (κ2) is 10.1. The minimum atomic E-state index is -0.830. The topological polar surface area (TPSA) is 116 Å². The number of nitro benzene ring substituents is 1. The lowest BCUT2D eigenvalue weighted by molar-refractivity contribution is -0.384. The second-order valence-electron chi connectivity index (χ2n) is 9.50. The number of rotatable bonds is 6. The largest absolute Gasteiger partial charge is 0.387 e. The molecule has 2 aromatic heterocycles. The van der Waals surface area contributed by atoms with E-state index in [-0.39, 0.29) is 36.0 Å². The monoisotopic (exact) mass is 552 g/mol. The molecule has 0 spiro atoms. The fourth-order valence-electron chi connectivity index (χ4n) is 5.02. The molecule has 1 amide bonds. The maximum atomic E-state index is 14.1. The van der Waals surface area contributed by atoms with Gasteiger partial charge in [0, 0.05) is 42.9 Å². The van der Waals surface area contributed by atoms with Crippen LogP contribution in [0.2, 0.25) is 0 Å². The fraction of sp³-hybridized carbons (Fsp3) is 0.308. The number of non-ortho nitro benzene ring substituents is 1. The van der Waals surface area contributed by atoms with E-state index in [1.54, 1.807) is 10.6 Å². The third-order valence-electron chi connectivity index (χ3n) is 7.13. The highest BCUT2D eigenvalue weighted by atomic mass is 32.1. The van der Waals surface area contributed by atoms with E-state index in [1.165, 1.54) is 48.0 Å². The van der Waals surface area contributed by atoms with Crippen LogP contribution < -0.4 is 0 Å². The first-order chi connectivity index (χ1) is 18.9. The second-order valence-corrected chi connectivity index (χ2v) is 10.4. The van der Waals surface area contributed by atoms with Gasteiger partial charge in [0.25, 0.3) is 5.69 Å². The molecule has 0 N–H and O–H groups in total. The van der Waals surface area contributed by atoms with Crippen LogP contribution in [0.1, 0.15) is 47.5 Å². The zero-order chi connectivity index (χ0) is 27.1. The average Bonchev–Trinajstić information content (AvgIpc) is 3.69. The average molecular weight is 553 g/mol. The van der Waals surface area contributed by atoms with Crippen LogP contribution in [0.3, 0.4) is 0 Å². The van der Waals surface area contributed by atoms with Crippen LogP contribution in [0.15, 0.2) is 53.3 Å². The molecular formula is C26H22F2N6O4S. The number of fused-ring (bicyclic) bond motifs is 1. The Hall–Kier alpha value is -4.26. The molecule has 4 heterocycles. The third-order valence-corrected chi connectivity index (χ3v) is 8.13. The molecule has 39 heavy (non-hydrogen) atoms. The van der Waals surface area contributed by atoms with Crippen LogP contribution >= 0.6 is 11.3 Å². The minimum absolute atomic E-state index is 0.0437. The lowest BCUT2D eigenvalue weighted by Gasteiger charge is -2.31. The summed E-state index contributed by atoms with van der Waals surface area (Å²) in [5.74, 6) is -1.19. The molecule has 4 aromatic rings. The summed E-state index contributed by atoms with van der Waals surface area (Å²) in [5, 5.41) is 17.8. The lowest BCUT2D eigenvalue weighted by Crippen LogP contribution is -2.39. The first-order valence-electron chi connectivity index (χ1n) is 12.4. The Morgan fingerprint density at radius 1 is 1.18 bits per heavy atom. The Morgan fingerprint density at radius 2 is 1.95 bits per heavy atom. The summed E-state index contributed by atoms with van der Waals surface area (Å²) in [7, 11) is 0. The molecule has 0 bridgehead atoms. The van der Waals surface area contributed by atoms with Crippen molar-refractivity contribution < 1.29 is 23.3 Å². The first kappa shape index (κ1) is 25.0. The maximum absolute atomic E-state index is 14.1. The normalized spacial score (nSPS) is 17.8. The number of nitro groups is 1. The summed E-state index contributed by atoms with van der Waals surface area (Å²) in [6, 6.07) is 8.11. The van der Waals surface area contributed by atoms with Crippen LogP contribution in [0.25, 0.3) is 11.0 Å². The van der Waals surface area contributed by atoms with Crippen molar-refractivity contribution in [2.45, 2.75) is 37.8 Å². The SMILES string of the molecule is O=C(Cn1cnc2cc([N+](=O)[O-])ccc21)N1CCC(c2nc(C3=NOC(c4c(F)cccc4F)C3)cs2)CC1. The van der Waals surface area contributed by atoms with Crippen molar-refractivity contribution in [3.63, 3.8) is 0 Å². The molecule has 1 unspecified atom stereocenters. The Labute approximate surface area is 224 Å². The van der Waals surface area contributed by atoms with Crippen molar-refractivity contribution in [1.29, 1.82) is 0 Å². The van der Waals surface area contributed by atoms with Crippen molar-refractivity contribution in [1.82, 2.24) is 19.4 Å². The number of hydrogen-bond donors (Lipinski definition) is 0. The van der Waals surface area contributed by atoms with Gasteiger partial charge in [-0.25, -0.2) is 18.7 Å². The zero-order valence-electron chi connectivity index (χ0n) is 20.5. The predicted molar refractivity (Wildman–Crippen MR) is 138 cm³/mol. The van der Waals surface area contributed by atoms with Crippen LogP contribution in [0, 0.1) is 21.7 Å². The molecule has 2 aromatic carbocycles. The molecule has 1 atom stereocenters. The lowest BCUT2D eigenvalue weighted by atomic mass is 9.97. The fourth-order valence-corrected chi connectivity index (χ4v) is 6.02. The van der Waals surface area contributed by atoms with E-state index in [0.29, 0.717) is 35.5 Å². The molecule has 200 valence electrons. The molecule has 0 aliphatic carbocycles.